The van der Waals surface area contributed by atoms with E-state index in [9.17, 15) is 9.59 Å². The number of piperidine rings is 1. The molecule has 1 aromatic carbocycles. The van der Waals surface area contributed by atoms with Gasteiger partial charge in [-0.15, -0.1) is 0 Å². The number of amides is 2. The monoisotopic (exact) mass is 383 g/mol. The van der Waals surface area contributed by atoms with Crippen LogP contribution in [0, 0.1) is 5.92 Å². The van der Waals surface area contributed by atoms with E-state index < -0.39 is 0 Å². The number of likely N-dealkylation sites (tertiary alicyclic amines) is 1. The van der Waals surface area contributed by atoms with Gasteiger partial charge in [-0.1, -0.05) is 19.3 Å². The van der Waals surface area contributed by atoms with Crippen molar-refractivity contribution in [2.24, 2.45) is 5.92 Å². The zero-order valence-corrected chi connectivity index (χ0v) is 16.5. The van der Waals surface area contributed by atoms with Crippen LogP contribution in [0.15, 0.2) is 24.3 Å². The van der Waals surface area contributed by atoms with E-state index in [0.717, 1.165) is 55.4 Å². The maximum Gasteiger partial charge on any atom is 0.267 e. The van der Waals surface area contributed by atoms with Crippen molar-refractivity contribution in [1.29, 1.82) is 0 Å². The van der Waals surface area contributed by atoms with Crippen LogP contribution in [0.1, 0.15) is 55.4 Å². The second kappa shape index (κ2) is 8.25. The summed E-state index contributed by atoms with van der Waals surface area (Å²) in [6, 6.07) is 7.70. The summed E-state index contributed by atoms with van der Waals surface area (Å²) in [5, 5.41) is 4.11. The van der Waals surface area contributed by atoms with Crippen LogP contribution in [0.2, 0.25) is 0 Å². The van der Waals surface area contributed by atoms with Crippen LogP contribution in [0.4, 0.5) is 0 Å². The molecule has 1 aromatic heterocycles. The largest absolute Gasteiger partial charge is 0.497 e. The van der Waals surface area contributed by atoms with Gasteiger partial charge in [0.05, 0.1) is 7.11 Å². The van der Waals surface area contributed by atoms with Gasteiger partial charge < -0.3 is 19.9 Å². The molecular formula is C22H29N3O3. The molecule has 1 saturated carbocycles. The lowest BCUT2D eigenvalue weighted by molar-refractivity contribution is -0.137. The molecule has 0 bridgehead atoms. The first-order valence-electron chi connectivity index (χ1n) is 10.4. The summed E-state index contributed by atoms with van der Waals surface area (Å²) in [5.41, 5.74) is 1.45. The Hall–Kier alpha value is -2.50. The molecule has 2 aliphatic rings. The SMILES string of the molecule is COc1ccc2cc(C(=O)NC3CCN(C(=O)C4CCCCC4)CC3)[nH]c2c1. The highest BCUT2D eigenvalue weighted by Gasteiger charge is 2.29. The van der Waals surface area contributed by atoms with Gasteiger partial charge in [0.15, 0.2) is 0 Å². The average molecular weight is 383 g/mol. The number of ether oxygens (including phenoxy) is 1. The summed E-state index contributed by atoms with van der Waals surface area (Å²) in [6.07, 6.45) is 7.34. The summed E-state index contributed by atoms with van der Waals surface area (Å²) in [6.45, 7) is 1.48. The van der Waals surface area contributed by atoms with E-state index in [1.807, 2.05) is 29.2 Å². The number of rotatable bonds is 4. The number of hydrogen-bond donors (Lipinski definition) is 2. The zero-order chi connectivity index (χ0) is 19.5. The number of H-pyrrole nitrogens is 1. The Kier molecular flexibility index (Phi) is 5.55. The molecule has 0 atom stereocenters. The van der Waals surface area contributed by atoms with Crippen molar-refractivity contribution in [3.8, 4) is 5.75 Å². The van der Waals surface area contributed by atoms with Crippen LogP contribution in [0.25, 0.3) is 10.9 Å². The van der Waals surface area contributed by atoms with Crippen molar-refractivity contribution in [2.75, 3.05) is 20.2 Å². The van der Waals surface area contributed by atoms with E-state index in [-0.39, 0.29) is 17.9 Å². The van der Waals surface area contributed by atoms with Gasteiger partial charge in [-0.25, -0.2) is 0 Å². The van der Waals surface area contributed by atoms with E-state index in [0.29, 0.717) is 11.6 Å². The number of aromatic nitrogens is 1. The highest BCUT2D eigenvalue weighted by atomic mass is 16.5. The molecule has 28 heavy (non-hydrogen) atoms. The average Bonchev–Trinajstić information content (AvgIpc) is 3.18. The van der Waals surface area contributed by atoms with Gasteiger partial charge in [-0.05, 0) is 43.9 Å². The van der Waals surface area contributed by atoms with Crippen LogP contribution in [-0.4, -0.2) is 47.9 Å². The van der Waals surface area contributed by atoms with Crippen molar-refractivity contribution < 1.29 is 14.3 Å². The third-order valence-corrected chi connectivity index (χ3v) is 6.17. The molecule has 2 N–H and O–H groups in total. The van der Waals surface area contributed by atoms with Gasteiger partial charge in [0.1, 0.15) is 11.4 Å². The minimum Gasteiger partial charge on any atom is -0.497 e. The molecule has 0 unspecified atom stereocenters. The summed E-state index contributed by atoms with van der Waals surface area (Å²) >= 11 is 0. The number of nitrogens with zero attached hydrogens (tertiary/aromatic N) is 1. The van der Waals surface area contributed by atoms with Gasteiger partial charge in [-0.3, -0.25) is 9.59 Å². The molecule has 150 valence electrons. The van der Waals surface area contributed by atoms with Crippen molar-refractivity contribution in [2.45, 2.75) is 51.0 Å². The zero-order valence-electron chi connectivity index (χ0n) is 16.5. The smallest absolute Gasteiger partial charge is 0.267 e. The van der Waals surface area contributed by atoms with Gasteiger partial charge in [0.25, 0.3) is 5.91 Å². The number of aromatic amines is 1. The minimum atomic E-state index is -0.0905. The number of carbonyl (C=O) groups excluding carboxylic acids is 2. The number of carbonyl (C=O) groups is 2. The van der Waals surface area contributed by atoms with Crippen LogP contribution in [0.3, 0.4) is 0 Å². The Labute approximate surface area is 165 Å². The van der Waals surface area contributed by atoms with E-state index >= 15 is 0 Å². The number of fused-ring (bicyclic) bond motifs is 1. The fourth-order valence-corrected chi connectivity index (χ4v) is 4.47. The minimum absolute atomic E-state index is 0.0905. The lowest BCUT2D eigenvalue weighted by atomic mass is 9.87. The fourth-order valence-electron chi connectivity index (χ4n) is 4.47. The Morgan fingerprint density at radius 3 is 2.54 bits per heavy atom. The highest BCUT2D eigenvalue weighted by Crippen LogP contribution is 2.27. The fraction of sp³-hybridized carbons (Fsp3) is 0.545. The molecule has 0 spiro atoms. The first-order chi connectivity index (χ1) is 13.6. The van der Waals surface area contributed by atoms with Crippen molar-refractivity contribution in [3.63, 3.8) is 0 Å². The normalized spacial score (nSPS) is 19.0. The van der Waals surface area contributed by atoms with E-state index in [1.54, 1.807) is 7.11 Å². The molecule has 6 heteroatoms. The molecule has 4 rings (SSSR count). The van der Waals surface area contributed by atoms with Crippen LogP contribution >= 0.6 is 0 Å². The van der Waals surface area contributed by atoms with E-state index in [2.05, 4.69) is 10.3 Å². The molecule has 1 aliphatic heterocycles. The molecule has 1 aliphatic carbocycles. The predicted molar refractivity (Wildman–Crippen MR) is 108 cm³/mol. The standard InChI is InChI=1S/C22H29N3O3/c1-28-18-8-7-16-13-20(24-19(16)14-18)21(26)23-17-9-11-25(12-10-17)22(27)15-5-3-2-4-6-15/h7-8,13-15,17,24H,2-6,9-12H2,1H3,(H,23,26). The lowest BCUT2D eigenvalue weighted by Gasteiger charge is -2.35. The second-order valence-electron chi connectivity index (χ2n) is 8.04. The quantitative estimate of drug-likeness (QED) is 0.849. The number of methoxy groups -OCH3 is 1. The first-order valence-corrected chi connectivity index (χ1v) is 10.4. The van der Waals surface area contributed by atoms with Crippen LogP contribution in [-0.2, 0) is 4.79 Å². The molecule has 1 saturated heterocycles. The van der Waals surface area contributed by atoms with Crippen molar-refractivity contribution >= 4 is 22.7 Å². The maximum absolute atomic E-state index is 12.7. The molecule has 2 fully saturated rings. The molecule has 6 nitrogen and oxygen atoms in total. The molecular weight excluding hydrogens is 354 g/mol. The number of benzene rings is 1. The first kappa shape index (κ1) is 18.8. The lowest BCUT2D eigenvalue weighted by Crippen LogP contribution is -2.48. The summed E-state index contributed by atoms with van der Waals surface area (Å²) in [5.74, 6) is 1.22. The molecule has 2 heterocycles. The van der Waals surface area contributed by atoms with E-state index in [1.165, 1.54) is 19.3 Å². The van der Waals surface area contributed by atoms with Gasteiger partial charge in [0, 0.05) is 42.0 Å². The van der Waals surface area contributed by atoms with E-state index in [4.69, 9.17) is 4.74 Å². The molecule has 2 aromatic rings. The number of nitrogens with one attached hydrogen (secondary N) is 2. The Morgan fingerprint density at radius 2 is 1.82 bits per heavy atom. The summed E-state index contributed by atoms with van der Waals surface area (Å²) < 4.78 is 5.23. The molecule has 2 amide bonds. The topological polar surface area (TPSA) is 74.4 Å². The molecule has 0 radical (unpaired) electrons. The van der Waals surface area contributed by atoms with Crippen molar-refractivity contribution in [3.05, 3.63) is 30.0 Å². The van der Waals surface area contributed by atoms with Crippen LogP contribution < -0.4 is 10.1 Å². The summed E-state index contributed by atoms with van der Waals surface area (Å²) in [7, 11) is 1.63. The Balaban J connectivity index is 1.32. The predicted octanol–water partition coefficient (Wildman–Crippen LogP) is 3.48. The third kappa shape index (κ3) is 4.01. The number of hydrogen-bond acceptors (Lipinski definition) is 3. The van der Waals surface area contributed by atoms with Crippen LogP contribution in [0.5, 0.6) is 5.75 Å². The maximum atomic E-state index is 12.7. The van der Waals surface area contributed by atoms with Gasteiger partial charge in [0.2, 0.25) is 5.91 Å². The van der Waals surface area contributed by atoms with Gasteiger partial charge >= 0.3 is 0 Å². The third-order valence-electron chi connectivity index (χ3n) is 6.17. The van der Waals surface area contributed by atoms with Crippen molar-refractivity contribution in [1.82, 2.24) is 15.2 Å². The second-order valence-corrected chi connectivity index (χ2v) is 8.04. The summed E-state index contributed by atoms with van der Waals surface area (Å²) in [4.78, 5) is 30.5. The Morgan fingerprint density at radius 1 is 1.07 bits per heavy atom. The Bertz CT molecular complexity index is 846. The van der Waals surface area contributed by atoms with Gasteiger partial charge in [-0.2, -0.15) is 0 Å². The highest BCUT2D eigenvalue weighted by molar-refractivity contribution is 5.98.